The molecular weight excluding hydrogens is 372 g/mol. The van der Waals surface area contributed by atoms with Gasteiger partial charge in [0.15, 0.2) is 0 Å². The number of fused-ring (bicyclic) bond motifs is 1. The zero-order valence-electron chi connectivity index (χ0n) is 13.6. The maximum Gasteiger partial charge on any atom is 0.261 e. The zero-order chi connectivity index (χ0) is 18.1. The van der Waals surface area contributed by atoms with Crippen molar-refractivity contribution in [3.05, 3.63) is 64.5 Å². The average molecular weight is 385 g/mol. The smallest absolute Gasteiger partial charge is 0.261 e. The minimum atomic E-state index is -0.385. The molecule has 2 aromatic carbocycles. The van der Waals surface area contributed by atoms with Crippen molar-refractivity contribution in [1.29, 1.82) is 0 Å². The quantitative estimate of drug-likeness (QED) is 0.567. The topological polar surface area (TPSA) is 68.5 Å². The van der Waals surface area contributed by atoms with Gasteiger partial charge in [-0.25, -0.2) is 4.52 Å². The van der Waals surface area contributed by atoms with E-state index in [0.29, 0.717) is 21.3 Å². The van der Waals surface area contributed by atoms with Gasteiger partial charge in [-0.1, -0.05) is 41.9 Å². The molecule has 1 N–H and O–H groups in total. The normalized spacial score (nSPS) is 10.8. The second-order valence-electron chi connectivity index (χ2n) is 5.42. The Labute approximate surface area is 158 Å². The number of rotatable bonds is 4. The summed E-state index contributed by atoms with van der Waals surface area (Å²) < 4.78 is 6.93. The molecule has 0 atom stereocenters. The lowest BCUT2D eigenvalue weighted by Gasteiger charge is -2.07. The number of nitrogens with zero attached hydrogens (tertiary/aromatic N) is 3. The van der Waals surface area contributed by atoms with E-state index in [1.54, 1.807) is 22.7 Å². The predicted molar refractivity (Wildman–Crippen MR) is 102 cm³/mol. The van der Waals surface area contributed by atoms with Gasteiger partial charge in [0.25, 0.3) is 11.9 Å². The molecule has 4 aromatic rings. The van der Waals surface area contributed by atoms with Crippen molar-refractivity contribution in [2.45, 2.75) is 0 Å². The lowest BCUT2D eigenvalue weighted by atomic mass is 10.2. The van der Waals surface area contributed by atoms with Gasteiger partial charge in [-0.15, -0.1) is 16.4 Å². The Morgan fingerprint density at radius 3 is 2.81 bits per heavy atom. The molecule has 0 spiro atoms. The van der Waals surface area contributed by atoms with Crippen molar-refractivity contribution in [2.75, 3.05) is 12.4 Å². The summed E-state index contributed by atoms with van der Waals surface area (Å²) in [5.41, 5.74) is 2.26. The molecule has 0 aliphatic heterocycles. The van der Waals surface area contributed by atoms with Gasteiger partial charge in [-0.05, 0) is 18.2 Å². The lowest BCUT2D eigenvalue weighted by Crippen LogP contribution is -2.14. The summed E-state index contributed by atoms with van der Waals surface area (Å²) in [6, 6.07) is 14.7. The minimum Gasteiger partial charge on any atom is -0.496 e. The summed E-state index contributed by atoms with van der Waals surface area (Å²) in [4.78, 5) is 17.6. The van der Waals surface area contributed by atoms with Gasteiger partial charge in [-0.3, -0.25) is 10.1 Å². The number of ether oxygens (including phenoxy) is 1. The van der Waals surface area contributed by atoms with Crippen LogP contribution in [0.3, 0.4) is 0 Å². The molecule has 130 valence electrons. The first-order valence-corrected chi connectivity index (χ1v) is 8.96. The van der Waals surface area contributed by atoms with Gasteiger partial charge >= 0.3 is 0 Å². The number of anilines is 1. The van der Waals surface area contributed by atoms with E-state index in [0.717, 1.165) is 11.3 Å². The number of hydrogen-bond donors (Lipinski definition) is 1. The number of amides is 1. The van der Waals surface area contributed by atoms with Crippen LogP contribution in [0.2, 0.25) is 5.02 Å². The predicted octanol–water partition coefficient (Wildman–Crippen LogP) is 4.37. The van der Waals surface area contributed by atoms with Crippen molar-refractivity contribution in [2.24, 2.45) is 0 Å². The molecule has 0 fully saturated rings. The molecule has 0 aliphatic rings. The maximum atomic E-state index is 12.6. The van der Waals surface area contributed by atoms with Crippen LogP contribution < -0.4 is 10.1 Å². The summed E-state index contributed by atoms with van der Waals surface area (Å²) in [6.45, 7) is 0. The standard InChI is InChI=1S/C18H13ClN4O2S/c1-25-15-8-7-12(19)9-13(15)16(24)20-17-21-18-23(22-17)14(10-26-18)11-5-3-2-4-6-11/h2-10H,1H3,(H,20,22,24). The molecule has 0 unspecified atom stereocenters. The first kappa shape index (κ1) is 16.6. The minimum absolute atomic E-state index is 0.223. The Morgan fingerprint density at radius 1 is 1.23 bits per heavy atom. The number of halogens is 1. The molecule has 26 heavy (non-hydrogen) atoms. The number of methoxy groups -OCH3 is 1. The largest absolute Gasteiger partial charge is 0.496 e. The average Bonchev–Trinajstić information content (AvgIpc) is 3.22. The Morgan fingerprint density at radius 2 is 2.04 bits per heavy atom. The lowest BCUT2D eigenvalue weighted by molar-refractivity contribution is 0.102. The third-order valence-corrected chi connectivity index (χ3v) is 4.83. The van der Waals surface area contributed by atoms with Crippen LogP contribution in [0.5, 0.6) is 5.75 Å². The third-order valence-electron chi connectivity index (χ3n) is 3.78. The number of benzene rings is 2. The van der Waals surface area contributed by atoms with Crippen LogP contribution in [0, 0.1) is 0 Å². The number of thiazole rings is 1. The van der Waals surface area contributed by atoms with Gasteiger partial charge < -0.3 is 4.74 Å². The molecule has 8 heteroatoms. The molecule has 0 saturated carbocycles. The Bertz CT molecular complexity index is 1090. The van der Waals surface area contributed by atoms with Crippen LogP contribution in [0.4, 0.5) is 5.95 Å². The van der Waals surface area contributed by atoms with Crippen LogP contribution in [0.1, 0.15) is 10.4 Å². The molecule has 0 saturated heterocycles. The summed E-state index contributed by atoms with van der Waals surface area (Å²) in [5.74, 6) is 0.266. The van der Waals surface area contributed by atoms with E-state index in [1.165, 1.54) is 18.4 Å². The van der Waals surface area contributed by atoms with Gasteiger partial charge in [0, 0.05) is 16.0 Å². The molecular formula is C18H13ClN4O2S. The van der Waals surface area contributed by atoms with Crippen molar-refractivity contribution in [3.63, 3.8) is 0 Å². The molecule has 4 rings (SSSR count). The highest BCUT2D eigenvalue weighted by Crippen LogP contribution is 2.27. The van der Waals surface area contributed by atoms with Crippen molar-refractivity contribution >= 4 is 39.8 Å². The van der Waals surface area contributed by atoms with Gasteiger partial charge in [0.05, 0.1) is 18.4 Å². The van der Waals surface area contributed by atoms with E-state index in [4.69, 9.17) is 16.3 Å². The van der Waals surface area contributed by atoms with E-state index in [1.807, 2.05) is 35.7 Å². The summed E-state index contributed by atoms with van der Waals surface area (Å²) in [7, 11) is 1.50. The first-order chi connectivity index (χ1) is 12.7. The van der Waals surface area contributed by atoms with Crippen LogP contribution >= 0.6 is 22.9 Å². The van der Waals surface area contributed by atoms with Gasteiger partial charge in [0.1, 0.15) is 5.75 Å². The van der Waals surface area contributed by atoms with Crippen LogP contribution in [0.25, 0.3) is 16.2 Å². The van der Waals surface area contributed by atoms with Gasteiger partial charge in [0.2, 0.25) is 4.96 Å². The Kier molecular flexibility index (Phi) is 4.32. The van der Waals surface area contributed by atoms with Crippen LogP contribution in [-0.2, 0) is 0 Å². The number of nitrogens with one attached hydrogen (secondary N) is 1. The summed E-state index contributed by atoms with van der Waals surface area (Å²) in [5, 5.41) is 9.53. The fraction of sp³-hybridized carbons (Fsp3) is 0.0556. The summed E-state index contributed by atoms with van der Waals surface area (Å²) in [6.07, 6.45) is 0. The monoisotopic (exact) mass is 384 g/mol. The molecule has 2 aromatic heterocycles. The number of aromatic nitrogens is 3. The fourth-order valence-electron chi connectivity index (χ4n) is 2.57. The SMILES string of the molecule is COc1ccc(Cl)cc1C(=O)Nc1nc2scc(-c3ccccc3)n2n1. The van der Waals surface area contributed by atoms with Crippen molar-refractivity contribution in [1.82, 2.24) is 14.6 Å². The maximum absolute atomic E-state index is 12.6. The van der Waals surface area contributed by atoms with E-state index >= 15 is 0 Å². The van der Waals surface area contributed by atoms with Crippen LogP contribution in [-0.4, -0.2) is 27.6 Å². The second-order valence-corrected chi connectivity index (χ2v) is 6.69. The fourth-order valence-corrected chi connectivity index (χ4v) is 3.57. The zero-order valence-corrected chi connectivity index (χ0v) is 15.2. The second kappa shape index (κ2) is 6.78. The van der Waals surface area contributed by atoms with E-state index in [-0.39, 0.29) is 11.9 Å². The highest BCUT2D eigenvalue weighted by molar-refractivity contribution is 7.15. The number of carbonyl (C=O) groups excluding carboxylic acids is 1. The number of carbonyl (C=O) groups is 1. The highest BCUT2D eigenvalue weighted by atomic mass is 35.5. The summed E-state index contributed by atoms with van der Waals surface area (Å²) >= 11 is 7.44. The first-order valence-electron chi connectivity index (χ1n) is 7.70. The number of hydrogen-bond acceptors (Lipinski definition) is 5. The van der Waals surface area contributed by atoms with Gasteiger partial charge in [-0.2, -0.15) is 4.98 Å². The molecule has 0 radical (unpaired) electrons. The molecule has 0 bridgehead atoms. The highest BCUT2D eigenvalue weighted by Gasteiger charge is 2.17. The Hall–Kier alpha value is -2.90. The van der Waals surface area contributed by atoms with E-state index in [9.17, 15) is 4.79 Å². The van der Waals surface area contributed by atoms with Crippen molar-refractivity contribution < 1.29 is 9.53 Å². The Balaban J connectivity index is 1.65. The van der Waals surface area contributed by atoms with Crippen LogP contribution in [0.15, 0.2) is 53.9 Å². The van der Waals surface area contributed by atoms with E-state index in [2.05, 4.69) is 15.4 Å². The molecule has 1 amide bonds. The molecule has 6 nitrogen and oxygen atoms in total. The third kappa shape index (κ3) is 3.02. The van der Waals surface area contributed by atoms with E-state index < -0.39 is 0 Å². The van der Waals surface area contributed by atoms with Crippen molar-refractivity contribution in [3.8, 4) is 17.0 Å². The molecule has 0 aliphatic carbocycles. The molecule has 2 heterocycles.